The fourth-order valence-electron chi connectivity index (χ4n) is 2.58. The maximum absolute atomic E-state index is 11.8. The molecule has 0 spiro atoms. The van der Waals surface area contributed by atoms with E-state index < -0.39 is 0 Å². The molecule has 2 aromatic heterocycles. The van der Waals surface area contributed by atoms with Gasteiger partial charge in [-0.25, -0.2) is 9.78 Å². The molecule has 1 aromatic carbocycles. The van der Waals surface area contributed by atoms with Gasteiger partial charge in [0.25, 0.3) is 0 Å². The van der Waals surface area contributed by atoms with Gasteiger partial charge in [-0.2, -0.15) is 0 Å². The number of para-hydroxylation sites is 1. The van der Waals surface area contributed by atoms with E-state index >= 15 is 0 Å². The first-order valence-corrected chi connectivity index (χ1v) is 8.50. The van der Waals surface area contributed by atoms with Crippen LogP contribution in [-0.2, 0) is 13.0 Å². The Bertz CT molecular complexity index is 821. The Kier molecular flexibility index (Phi) is 4.62. The van der Waals surface area contributed by atoms with Crippen molar-refractivity contribution in [3.63, 3.8) is 0 Å². The molecule has 6 heteroatoms. The van der Waals surface area contributed by atoms with Crippen LogP contribution in [0, 0.1) is 13.8 Å². The molecule has 0 atom stereocenters. The summed E-state index contributed by atoms with van der Waals surface area (Å²) in [7, 11) is 0. The number of rotatable bonds is 5. The molecular weight excluding hydrogens is 308 g/mol. The fourth-order valence-corrected chi connectivity index (χ4v) is 3.30. The van der Waals surface area contributed by atoms with E-state index in [1.54, 1.807) is 11.3 Å². The van der Waals surface area contributed by atoms with Crippen molar-refractivity contribution in [3.05, 3.63) is 51.6 Å². The summed E-state index contributed by atoms with van der Waals surface area (Å²) >= 11 is 1.56. The van der Waals surface area contributed by atoms with Crippen molar-refractivity contribution in [2.75, 3.05) is 6.54 Å². The van der Waals surface area contributed by atoms with Crippen LogP contribution in [-0.4, -0.2) is 22.5 Å². The third kappa shape index (κ3) is 3.71. The zero-order valence-corrected chi connectivity index (χ0v) is 14.1. The zero-order valence-electron chi connectivity index (χ0n) is 13.3. The number of fused-ring (bicyclic) bond motifs is 1. The molecule has 3 aromatic rings. The second-order valence-corrected chi connectivity index (χ2v) is 6.50. The average molecular weight is 328 g/mol. The number of aryl methyl sites for hydroxylation is 2. The van der Waals surface area contributed by atoms with Gasteiger partial charge in [-0.05, 0) is 31.4 Å². The number of hydrogen-bond donors (Lipinski definition) is 3. The van der Waals surface area contributed by atoms with Crippen molar-refractivity contribution in [1.29, 1.82) is 0 Å². The second-order valence-electron chi connectivity index (χ2n) is 5.55. The lowest BCUT2D eigenvalue weighted by Crippen LogP contribution is -2.36. The Hall–Kier alpha value is -2.34. The van der Waals surface area contributed by atoms with Crippen molar-refractivity contribution < 1.29 is 4.79 Å². The average Bonchev–Trinajstić information content (AvgIpc) is 3.13. The summed E-state index contributed by atoms with van der Waals surface area (Å²) in [6, 6.07) is 6.10. The highest BCUT2D eigenvalue weighted by Crippen LogP contribution is 2.21. The molecule has 0 unspecified atom stereocenters. The molecule has 23 heavy (non-hydrogen) atoms. The van der Waals surface area contributed by atoms with Crippen molar-refractivity contribution in [2.45, 2.75) is 26.8 Å². The highest BCUT2D eigenvalue weighted by molar-refractivity contribution is 7.09. The standard InChI is InChI=1S/C17H20N4OS/c1-11-4-3-5-14-13(8-19-16(11)14)6-7-18-17(22)20-9-15-21-12(2)10-23-15/h3-5,8,10,19H,6-7,9H2,1-2H3,(H2,18,20,22). The van der Waals surface area contributed by atoms with Crippen molar-refractivity contribution in [1.82, 2.24) is 20.6 Å². The van der Waals surface area contributed by atoms with Crippen molar-refractivity contribution in [2.24, 2.45) is 0 Å². The number of aromatic amines is 1. The number of carbonyl (C=O) groups excluding carboxylic acids is 1. The van der Waals surface area contributed by atoms with Crippen molar-refractivity contribution in [3.8, 4) is 0 Å². The molecule has 0 bridgehead atoms. The first kappa shape index (κ1) is 15.6. The lowest BCUT2D eigenvalue weighted by atomic mass is 10.1. The van der Waals surface area contributed by atoms with Gasteiger partial charge in [0.15, 0.2) is 0 Å². The Morgan fingerprint density at radius 1 is 1.30 bits per heavy atom. The minimum absolute atomic E-state index is 0.158. The molecule has 0 aliphatic carbocycles. The summed E-state index contributed by atoms with van der Waals surface area (Å²) in [5.41, 5.74) is 4.62. The minimum atomic E-state index is -0.158. The monoisotopic (exact) mass is 328 g/mol. The number of nitrogens with zero attached hydrogens (tertiary/aromatic N) is 1. The van der Waals surface area contributed by atoms with Crippen LogP contribution in [0.5, 0.6) is 0 Å². The third-order valence-electron chi connectivity index (χ3n) is 3.76. The summed E-state index contributed by atoms with van der Waals surface area (Å²) < 4.78 is 0. The predicted octanol–water partition coefficient (Wildman–Crippen LogP) is 3.28. The molecule has 0 aliphatic rings. The molecule has 0 radical (unpaired) electrons. The summed E-state index contributed by atoms with van der Waals surface area (Å²) in [4.78, 5) is 19.4. The van der Waals surface area contributed by atoms with Gasteiger partial charge in [0.2, 0.25) is 0 Å². The lowest BCUT2D eigenvalue weighted by Gasteiger charge is -2.06. The fraction of sp³-hybridized carbons (Fsp3) is 0.294. The largest absolute Gasteiger partial charge is 0.361 e. The Morgan fingerprint density at radius 2 is 2.17 bits per heavy atom. The topological polar surface area (TPSA) is 69.8 Å². The smallest absolute Gasteiger partial charge is 0.315 e. The van der Waals surface area contributed by atoms with Gasteiger partial charge < -0.3 is 15.6 Å². The van der Waals surface area contributed by atoms with E-state index in [2.05, 4.69) is 45.7 Å². The van der Waals surface area contributed by atoms with E-state index in [1.165, 1.54) is 22.0 Å². The maximum Gasteiger partial charge on any atom is 0.315 e. The van der Waals surface area contributed by atoms with E-state index in [0.29, 0.717) is 13.1 Å². The number of nitrogens with one attached hydrogen (secondary N) is 3. The molecule has 2 heterocycles. The number of H-pyrrole nitrogens is 1. The minimum Gasteiger partial charge on any atom is -0.361 e. The quantitative estimate of drug-likeness (QED) is 0.673. The number of amides is 2. The Morgan fingerprint density at radius 3 is 2.96 bits per heavy atom. The van der Waals surface area contributed by atoms with Gasteiger partial charge in [0.1, 0.15) is 5.01 Å². The van der Waals surface area contributed by atoms with Gasteiger partial charge in [-0.1, -0.05) is 18.2 Å². The molecule has 0 saturated heterocycles. The summed E-state index contributed by atoms with van der Waals surface area (Å²) in [5.74, 6) is 0. The molecule has 120 valence electrons. The summed E-state index contributed by atoms with van der Waals surface area (Å²) in [6.07, 6.45) is 2.82. The van der Waals surface area contributed by atoms with Crippen LogP contribution in [0.3, 0.4) is 0 Å². The second kappa shape index (κ2) is 6.83. The zero-order chi connectivity index (χ0) is 16.2. The van der Waals surface area contributed by atoms with E-state index in [-0.39, 0.29) is 6.03 Å². The van der Waals surface area contributed by atoms with E-state index in [9.17, 15) is 4.79 Å². The molecule has 3 N–H and O–H groups in total. The van der Waals surface area contributed by atoms with Gasteiger partial charge in [0.05, 0.1) is 6.54 Å². The van der Waals surface area contributed by atoms with Gasteiger partial charge in [-0.3, -0.25) is 0 Å². The lowest BCUT2D eigenvalue weighted by molar-refractivity contribution is 0.240. The number of aromatic nitrogens is 2. The number of carbonyl (C=O) groups is 1. The number of thiazole rings is 1. The predicted molar refractivity (Wildman–Crippen MR) is 93.8 cm³/mol. The van der Waals surface area contributed by atoms with E-state index in [0.717, 1.165) is 17.1 Å². The van der Waals surface area contributed by atoms with E-state index in [4.69, 9.17) is 0 Å². The number of benzene rings is 1. The molecule has 0 saturated carbocycles. The highest BCUT2D eigenvalue weighted by Gasteiger charge is 2.06. The van der Waals surface area contributed by atoms with Crippen LogP contribution in [0.25, 0.3) is 10.9 Å². The van der Waals surface area contributed by atoms with Crippen LogP contribution in [0.2, 0.25) is 0 Å². The van der Waals surface area contributed by atoms with Crippen LogP contribution < -0.4 is 10.6 Å². The first-order valence-electron chi connectivity index (χ1n) is 7.62. The molecular formula is C17H20N4OS. The highest BCUT2D eigenvalue weighted by atomic mass is 32.1. The number of urea groups is 1. The SMILES string of the molecule is Cc1csc(CNC(=O)NCCc2c[nH]c3c(C)cccc23)n1. The van der Waals surface area contributed by atoms with E-state index in [1.807, 2.05) is 18.5 Å². The summed E-state index contributed by atoms with van der Waals surface area (Å²) in [6.45, 7) is 5.11. The van der Waals surface area contributed by atoms with Gasteiger partial charge in [-0.15, -0.1) is 11.3 Å². The molecule has 3 rings (SSSR count). The normalized spacial score (nSPS) is 10.9. The van der Waals surface area contributed by atoms with Crippen LogP contribution >= 0.6 is 11.3 Å². The molecule has 5 nitrogen and oxygen atoms in total. The number of hydrogen-bond acceptors (Lipinski definition) is 3. The van der Waals surface area contributed by atoms with Gasteiger partial charge in [0, 0.05) is 34.7 Å². The van der Waals surface area contributed by atoms with Crippen LogP contribution in [0.15, 0.2) is 29.8 Å². The molecule has 0 aliphatic heterocycles. The molecule has 2 amide bonds. The summed E-state index contributed by atoms with van der Waals surface area (Å²) in [5, 5.41) is 9.85. The Balaban J connectivity index is 1.48. The van der Waals surface area contributed by atoms with Gasteiger partial charge >= 0.3 is 6.03 Å². The van der Waals surface area contributed by atoms with Crippen molar-refractivity contribution >= 4 is 28.3 Å². The first-order chi connectivity index (χ1) is 11.1. The maximum atomic E-state index is 11.8. The third-order valence-corrected chi connectivity index (χ3v) is 4.72. The van der Waals surface area contributed by atoms with Crippen LogP contribution in [0.1, 0.15) is 21.8 Å². The molecule has 0 fully saturated rings. The Labute approximate surface area is 139 Å². The van der Waals surface area contributed by atoms with Crippen LogP contribution in [0.4, 0.5) is 4.79 Å².